The van der Waals surface area contributed by atoms with Crippen LogP contribution in [0.15, 0.2) is 53.1 Å². The van der Waals surface area contributed by atoms with E-state index in [-0.39, 0.29) is 6.03 Å². The monoisotopic (exact) mass is 360 g/mol. The van der Waals surface area contributed by atoms with Gasteiger partial charge in [0.1, 0.15) is 0 Å². The zero-order valence-corrected chi connectivity index (χ0v) is 14.9. The normalized spacial score (nSPS) is 14.9. The second-order valence-corrected chi connectivity index (χ2v) is 6.57. The molecule has 6 heteroatoms. The van der Waals surface area contributed by atoms with Gasteiger partial charge >= 0.3 is 6.03 Å². The number of nitrogens with zero attached hydrogens (tertiary/aromatic N) is 3. The molecule has 1 N–H and O–H groups in total. The minimum absolute atomic E-state index is 0.150. The van der Waals surface area contributed by atoms with Gasteiger partial charge in [0, 0.05) is 38.3 Å². The summed E-state index contributed by atoms with van der Waals surface area (Å²) in [7, 11) is 0. The summed E-state index contributed by atoms with van der Waals surface area (Å²) in [6.45, 7) is 3.78. The summed E-state index contributed by atoms with van der Waals surface area (Å²) >= 11 is 0. The second kappa shape index (κ2) is 7.52. The Morgan fingerprint density at radius 2 is 1.96 bits per heavy atom. The number of anilines is 1. The zero-order chi connectivity index (χ0) is 18.6. The van der Waals surface area contributed by atoms with Crippen LogP contribution in [0.4, 0.5) is 10.6 Å². The molecule has 2 aromatic carbocycles. The van der Waals surface area contributed by atoms with Crippen LogP contribution in [0.1, 0.15) is 11.1 Å². The lowest BCUT2D eigenvalue weighted by atomic mass is 10.1. The third-order valence-corrected chi connectivity index (χ3v) is 4.76. The molecule has 136 valence electrons. The van der Waals surface area contributed by atoms with Gasteiger partial charge in [0.25, 0.3) is 0 Å². The number of terminal acetylenes is 1. The number of piperazine rings is 1. The molecule has 0 unspecified atom stereocenters. The molecule has 1 saturated heterocycles. The Bertz CT molecular complexity index is 997. The molecule has 27 heavy (non-hydrogen) atoms. The standard InChI is InChI=1S/C21H20N4O2/c1-2-16-6-5-7-17(14-16)15-24-10-12-25(13-11-24)21(26)22-20-18-8-3-4-9-19(18)27-23-20/h1,3-9,14H,10-13,15H2,(H,22,23,26). The number of rotatable bonds is 3. The van der Waals surface area contributed by atoms with Crippen molar-refractivity contribution in [1.82, 2.24) is 15.0 Å². The van der Waals surface area contributed by atoms with Gasteiger partial charge in [0.05, 0.1) is 5.39 Å². The first-order valence-corrected chi connectivity index (χ1v) is 8.91. The molecule has 1 aliphatic rings. The van der Waals surface area contributed by atoms with E-state index in [0.29, 0.717) is 24.5 Å². The number of nitrogens with one attached hydrogen (secondary N) is 1. The van der Waals surface area contributed by atoms with Crippen molar-refractivity contribution in [3.63, 3.8) is 0 Å². The molecule has 0 saturated carbocycles. The van der Waals surface area contributed by atoms with E-state index in [1.54, 1.807) is 4.90 Å². The molecule has 1 aliphatic heterocycles. The smallest absolute Gasteiger partial charge is 0.323 e. The van der Waals surface area contributed by atoms with Crippen LogP contribution in [0.25, 0.3) is 11.0 Å². The maximum atomic E-state index is 12.6. The highest BCUT2D eigenvalue weighted by atomic mass is 16.5. The van der Waals surface area contributed by atoms with Gasteiger partial charge in [-0.1, -0.05) is 35.3 Å². The first-order valence-electron chi connectivity index (χ1n) is 8.91. The maximum Gasteiger partial charge on any atom is 0.323 e. The fourth-order valence-corrected chi connectivity index (χ4v) is 3.28. The van der Waals surface area contributed by atoms with Crippen LogP contribution in [-0.2, 0) is 6.54 Å². The third kappa shape index (κ3) is 3.78. The molecular formula is C21H20N4O2. The maximum absolute atomic E-state index is 12.6. The summed E-state index contributed by atoms with van der Waals surface area (Å²) in [5, 5.41) is 7.62. The fourth-order valence-electron chi connectivity index (χ4n) is 3.28. The molecule has 4 rings (SSSR count). The summed E-state index contributed by atoms with van der Waals surface area (Å²) in [4.78, 5) is 16.7. The SMILES string of the molecule is C#Cc1cccc(CN2CCN(C(=O)Nc3noc4ccccc34)CC2)c1. The van der Waals surface area contributed by atoms with Crippen LogP contribution in [0.3, 0.4) is 0 Å². The van der Waals surface area contributed by atoms with Crippen LogP contribution in [0.2, 0.25) is 0 Å². The van der Waals surface area contributed by atoms with Gasteiger partial charge in [0.15, 0.2) is 11.4 Å². The van der Waals surface area contributed by atoms with E-state index in [1.807, 2.05) is 42.5 Å². The molecule has 0 radical (unpaired) electrons. The number of carbonyl (C=O) groups is 1. The minimum Gasteiger partial charge on any atom is -0.354 e. The molecule has 0 aliphatic carbocycles. The van der Waals surface area contributed by atoms with Gasteiger partial charge in [0.2, 0.25) is 0 Å². The van der Waals surface area contributed by atoms with Crippen molar-refractivity contribution in [3.8, 4) is 12.3 Å². The number of amides is 2. The van der Waals surface area contributed by atoms with Crippen LogP contribution < -0.4 is 5.32 Å². The predicted octanol–water partition coefficient (Wildman–Crippen LogP) is 3.16. The molecule has 2 heterocycles. The number of carbonyl (C=O) groups excluding carboxylic acids is 1. The Morgan fingerprint density at radius 1 is 1.15 bits per heavy atom. The van der Waals surface area contributed by atoms with E-state index >= 15 is 0 Å². The number of benzene rings is 2. The summed E-state index contributed by atoms with van der Waals surface area (Å²) in [6, 6.07) is 15.3. The van der Waals surface area contributed by atoms with Gasteiger partial charge in [-0.25, -0.2) is 4.79 Å². The Morgan fingerprint density at radius 3 is 2.78 bits per heavy atom. The van der Waals surface area contributed by atoms with E-state index in [1.165, 1.54) is 5.56 Å². The number of hydrogen-bond donors (Lipinski definition) is 1. The van der Waals surface area contributed by atoms with Crippen molar-refractivity contribution >= 4 is 22.8 Å². The van der Waals surface area contributed by atoms with Gasteiger partial charge in [-0.05, 0) is 29.8 Å². The summed E-state index contributed by atoms with van der Waals surface area (Å²) in [5.74, 6) is 3.13. The number of para-hydroxylation sites is 1. The van der Waals surface area contributed by atoms with E-state index in [2.05, 4.69) is 27.4 Å². The highest BCUT2D eigenvalue weighted by Crippen LogP contribution is 2.22. The van der Waals surface area contributed by atoms with E-state index < -0.39 is 0 Å². The lowest BCUT2D eigenvalue weighted by molar-refractivity contribution is 0.143. The summed E-state index contributed by atoms with van der Waals surface area (Å²) in [5.41, 5.74) is 2.74. The van der Waals surface area contributed by atoms with Crippen LogP contribution in [0.5, 0.6) is 0 Å². The molecule has 2 amide bonds. The Hall–Kier alpha value is -3.30. The van der Waals surface area contributed by atoms with Gasteiger partial charge in [-0.3, -0.25) is 10.2 Å². The van der Waals surface area contributed by atoms with Crippen molar-refractivity contribution in [3.05, 3.63) is 59.7 Å². The molecule has 1 fully saturated rings. The molecule has 0 atom stereocenters. The predicted molar refractivity (Wildman–Crippen MR) is 104 cm³/mol. The van der Waals surface area contributed by atoms with Gasteiger partial charge < -0.3 is 9.42 Å². The Kier molecular flexibility index (Phi) is 4.77. The summed E-state index contributed by atoms with van der Waals surface area (Å²) in [6.07, 6.45) is 5.47. The zero-order valence-electron chi connectivity index (χ0n) is 14.9. The number of fused-ring (bicyclic) bond motifs is 1. The van der Waals surface area contributed by atoms with Crippen molar-refractivity contribution in [2.75, 3.05) is 31.5 Å². The number of hydrogen-bond acceptors (Lipinski definition) is 4. The Balaban J connectivity index is 1.33. The van der Waals surface area contributed by atoms with Crippen LogP contribution in [0, 0.1) is 12.3 Å². The lowest BCUT2D eigenvalue weighted by Gasteiger charge is -2.34. The first kappa shape index (κ1) is 17.1. The molecular weight excluding hydrogens is 340 g/mol. The van der Waals surface area contributed by atoms with E-state index in [9.17, 15) is 4.79 Å². The van der Waals surface area contributed by atoms with Crippen molar-refractivity contribution in [2.45, 2.75) is 6.54 Å². The molecule has 3 aromatic rings. The Labute approximate surface area is 157 Å². The summed E-state index contributed by atoms with van der Waals surface area (Å²) < 4.78 is 5.23. The fraction of sp³-hybridized carbons (Fsp3) is 0.238. The third-order valence-electron chi connectivity index (χ3n) is 4.76. The van der Waals surface area contributed by atoms with Crippen LogP contribution in [-0.4, -0.2) is 47.2 Å². The van der Waals surface area contributed by atoms with Crippen LogP contribution >= 0.6 is 0 Å². The van der Waals surface area contributed by atoms with Gasteiger partial charge in [-0.2, -0.15) is 0 Å². The average Bonchev–Trinajstić information content (AvgIpc) is 3.11. The van der Waals surface area contributed by atoms with Crippen molar-refractivity contribution in [1.29, 1.82) is 0 Å². The minimum atomic E-state index is -0.150. The molecule has 1 aromatic heterocycles. The number of urea groups is 1. The molecule has 6 nitrogen and oxygen atoms in total. The quantitative estimate of drug-likeness (QED) is 0.729. The molecule has 0 spiro atoms. The van der Waals surface area contributed by atoms with Crippen molar-refractivity contribution < 1.29 is 9.32 Å². The average molecular weight is 360 g/mol. The number of aromatic nitrogens is 1. The topological polar surface area (TPSA) is 61.6 Å². The van der Waals surface area contributed by atoms with Gasteiger partial charge in [-0.15, -0.1) is 6.42 Å². The lowest BCUT2D eigenvalue weighted by Crippen LogP contribution is -2.49. The van der Waals surface area contributed by atoms with E-state index in [4.69, 9.17) is 10.9 Å². The largest absolute Gasteiger partial charge is 0.354 e. The highest BCUT2D eigenvalue weighted by molar-refractivity contribution is 5.98. The van der Waals surface area contributed by atoms with Crippen molar-refractivity contribution in [2.24, 2.45) is 0 Å². The molecule has 0 bridgehead atoms. The second-order valence-electron chi connectivity index (χ2n) is 6.57. The first-order chi connectivity index (χ1) is 13.2. The highest BCUT2D eigenvalue weighted by Gasteiger charge is 2.22. The van der Waals surface area contributed by atoms with E-state index in [0.717, 1.165) is 30.6 Å².